The number of carbonyl (C=O) groups excluding carboxylic acids is 2. The number of benzene rings is 2. The smallest absolute Gasteiger partial charge is 0.361 e. The van der Waals surface area contributed by atoms with Crippen LogP contribution in [0.5, 0.6) is 5.75 Å². The van der Waals surface area contributed by atoms with Crippen LogP contribution in [-0.4, -0.2) is 68.9 Å². The fraction of sp³-hybridized carbons (Fsp3) is 0.417. The summed E-state index contributed by atoms with van der Waals surface area (Å²) in [5.41, 5.74) is 1.32. The first kappa shape index (κ1) is 27.9. The van der Waals surface area contributed by atoms with Gasteiger partial charge in [-0.15, -0.1) is 0 Å². The molecule has 2 atom stereocenters. The van der Waals surface area contributed by atoms with Crippen LogP contribution in [0.15, 0.2) is 42.5 Å². The number of ether oxygens (including phenoxy) is 1. The summed E-state index contributed by atoms with van der Waals surface area (Å²) >= 11 is 6.03. The topological polar surface area (TPSA) is 105 Å². The van der Waals surface area contributed by atoms with Crippen molar-refractivity contribution in [3.05, 3.63) is 64.4 Å². The predicted octanol–water partition coefficient (Wildman–Crippen LogP) is 2.53. The minimum atomic E-state index is -4.19. The minimum absolute atomic E-state index is 0.0764. The van der Waals surface area contributed by atoms with Crippen molar-refractivity contribution in [2.24, 2.45) is 0 Å². The first-order chi connectivity index (χ1) is 17.0. The normalized spacial score (nSPS) is 18.6. The quantitative estimate of drug-likeness (QED) is 0.520. The molecule has 36 heavy (non-hydrogen) atoms. The van der Waals surface area contributed by atoms with Crippen LogP contribution in [0.4, 0.5) is 4.39 Å². The van der Waals surface area contributed by atoms with Crippen molar-refractivity contribution < 1.29 is 31.3 Å². The average molecular weight is 542 g/mol. The number of rotatable bonds is 9. The fourth-order valence-corrected chi connectivity index (χ4v) is 4.66. The van der Waals surface area contributed by atoms with Gasteiger partial charge in [-0.05, 0) is 49.7 Å². The Balaban J connectivity index is 1.60. The third-order valence-electron chi connectivity index (χ3n) is 5.92. The van der Waals surface area contributed by atoms with Gasteiger partial charge in [-0.3, -0.25) is 18.7 Å². The Morgan fingerprint density at radius 1 is 1.11 bits per heavy atom. The number of nitrogens with zero attached hydrogens (tertiary/aromatic N) is 2. The van der Waals surface area contributed by atoms with Crippen molar-refractivity contribution in [2.45, 2.75) is 38.9 Å². The third kappa shape index (κ3) is 7.63. The van der Waals surface area contributed by atoms with Gasteiger partial charge >= 0.3 is 10.3 Å². The number of halogens is 2. The highest BCUT2D eigenvalue weighted by atomic mass is 35.5. The van der Waals surface area contributed by atoms with Gasteiger partial charge in [-0.25, -0.2) is 9.11 Å². The van der Waals surface area contributed by atoms with E-state index in [0.29, 0.717) is 30.2 Å². The maximum atomic E-state index is 13.2. The van der Waals surface area contributed by atoms with Crippen molar-refractivity contribution in [3.8, 4) is 5.75 Å². The molecule has 1 aliphatic heterocycles. The van der Waals surface area contributed by atoms with Crippen molar-refractivity contribution in [1.29, 1.82) is 0 Å². The number of piperazine rings is 1. The second kappa shape index (κ2) is 12.0. The van der Waals surface area contributed by atoms with Crippen LogP contribution >= 0.6 is 11.6 Å². The number of amides is 2. The van der Waals surface area contributed by atoms with E-state index in [2.05, 4.69) is 9.08 Å². The SMILES string of the molecule is COS(=O)(=O)NC(=O)Cc1cc(Cl)ccc1OCC(=O)N1C[C@H](C)N(Cc2ccc(F)cc2)C[C@H]1C. The molecule has 9 nitrogen and oxygen atoms in total. The molecule has 3 rings (SSSR count). The zero-order valence-electron chi connectivity index (χ0n) is 20.2. The summed E-state index contributed by atoms with van der Waals surface area (Å²) < 4.78 is 47.8. The molecule has 12 heteroatoms. The van der Waals surface area contributed by atoms with Gasteiger partial charge in [-0.1, -0.05) is 23.7 Å². The number of carbonyl (C=O) groups is 2. The van der Waals surface area contributed by atoms with E-state index in [1.165, 1.54) is 24.3 Å². The molecular formula is C24H29ClFN3O6S. The minimum Gasteiger partial charge on any atom is -0.483 e. The second-order valence-electron chi connectivity index (χ2n) is 8.66. The van der Waals surface area contributed by atoms with Crippen molar-refractivity contribution in [1.82, 2.24) is 14.5 Å². The van der Waals surface area contributed by atoms with Gasteiger partial charge in [0, 0.05) is 42.3 Å². The number of hydrogen-bond acceptors (Lipinski definition) is 7. The van der Waals surface area contributed by atoms with Crippen LogP contribution in [-0.2, 0) is 37.0 Å². The fourth-order valence-electron chi connectivity index (χ4n) is 4.03. The molecule has 1 fully saturated rings. The van der Waals surface area contributed by atoms with Gasteiger partial charge in [0.25, 0.3) is 5.91 Å². The van der Waals surface area contributed by atoms with Crippen LogP contribution in [0, 0.1) is 5.82 Å². The van der Waals surface area contributed by atoms with Gasteiger partial charge in [0.15, 0.2) is 6.61 Å². The Bertz CT molecular complexity index is 1190. The van der Waals surface area contributed by atoms with Crippen LogP contribution in [0.1, 0.15) is 25.0 Å². The highest BCUT2D eigenvalue weighted by Crippen LogP contribution is 2.24. The van der Waals surface area contributed by atoms with Gasteiger partial charge in [0.2, 0.25) is 5.91 Å². The molecule has 1 N–H and O–H groups in total. The summed E-state index contributed by atoms with van der Waals surface area (Å²) in [6.45, 7) is 5.51. The second-order valence-corrected chi connectivity index (χ2v) is 10.5. The molecule has 2 aromatic carbocycles. The number of nitrogens with one attached hydrogen (secondary N) is 1. The standard InChI is InChI=1S/C24H29ClFN3O6S/c1-16-13-29(17(2)12-28(16)14-18-4-7-21(26)8-5-18)24(31)15-35-22-9-6-20(25)10-19(22)11-23(30)27-36(32,33)34-3/h4-10,16-17H,11-15H2,1-3H3,(H,27,30)/t16-,17+/m0/s1. The average Bonchev–Trinajstić information content (AvgIpc) is 2.81. The van der Waals surface area contributed by atoms with Crippen molar-refractivity contribution >= 4 is 33.7 Å². The molecule has 1 saturated heterocycles. The Labute approximate surface area is 215 Å². The molecule has 0 spiro atoms. The van der Waals surface area contributed by atoms with Crippen LogP contribution in [0.3, 0.4) is 0 Å². The molecule has 0 saturated carbocycles. The highest BCUT2D eigenvalue weighted by molar-refractivity contribution is 7.85. The van der Waals surface area contributed by atoms with Gasteiger partial charge in [0.05, 0.1) is 13.5 Å². The molecule has 0 aliphatic carbocycles. The molecule has 2 amide bonds. The Kier molecular flexibility index (Phi) is 9.29. The molecule has 0 bridgehead atoms. The van der Waals surface area contributed by atoms with Crippen molar-refractivity contribution in [3.63, 3.8) is 0 Å². The van der Waals surface area contributed by atoms with E-state index in [1.54, 1.807) is 27.8 Å². The van der Waals surface area contributed by atoms with Crippen molar-refractivity contribution in [2.75, 3.05) is 26.8 Å². The first-order valence-corrected chi connectivity index (χ1v) is 13.1. The summed E-state index contributed by atoms with van der Waals surface area (Å²) in [4.78, 5) is 29.1. The molecule has 2 aromatic rings. The van der Waals surface area contributed by atoms with E-state index in [9.17, 15) is 22.4 Å². The Morgan fingerprint density at radius 2 is 1.81 bits per heavy atom. The summed E-state index contributed by atoms with van der Waals surface area (Å²) in [6, 6.07) is 10.9. The zero-order chi connectivity index (χ0) is 26.5. The van der Waals surface area contributed by atoms with Gasteiger partial charge in [-0.2, -0.15) is 8.42 Å². The summed E-state index contributed by atoms with van der Waals surface area (Å²) in [6.07, 6.45) is -0.345. The number of hydrogen-bond donors (Lipinski definition) is 1. The molecule has 0 aromatic heterocycles. The van der Waals surface area contributed by atoms with E-state index < -0.39 is 16.2 Å². The molecule has 196 valence electrons. The third-order valence-corrected chi connectivity index (χ3v) is 7.07. The van der Waals surface area contributed by atoms with Crippen LogP contribution in [0.25, 0.3) is 0 Å². The van der Waals surface area contributed by atoms with Gasteiger partial charge < -0.3 is 9.64 Å². The Hall–Kier alpha value is -2.73. The van der Waals surface area contributed by atoms with Gasteiger partial charge in [0.1, 0.15) is 11.6 Å². The molecule has 1 heterocycles. The lowest BCUT2D eigenvalue weighted by Gasteiger charge is -2.44. The summed E-state index contributed by atoms with van der Waals surface area (Å²) in [5.74, 6) is -1.09. The lowest BCUT2D eigenvalue weighted by atomic mass is 10.1. The van der Waals surface area contributed by atoms with E-state index in [4.69, 9.17) is 16.3 Å². The summed E-state index contributed by atoms with van der Waals surface area (Å²) in [7, 11) is -3.26. The van der Waals surface area contributed by atoms with E-state index in [-0.39, 0.29) is 42.6 Å². The Morgan fingerprint density at radius 3 is 2.47 bits per heavy atom. The molecule has 1 aliphatic rings. The monoisotopic (exact) mass is 541 g/mol. The maximum Gasteiger partial charge on any atom is 0.361 e. The largest absolute Gasteiger partial charge is 0.483 e. The van der Waals surface area contributed by atoms with Crippen LogP contribution in [0.2, 0.25) is 5.02 Å². The lowest BCUT2D eigenvalue weighted by molar-refractivity contribution is -0.139. The van der Waals surface area contributed by atoms with Crippen LogP contribution < -0.4 is 9.46 Å². The van der Waals surface area contributed by atoms with E-state index >= 15 is 0 Å². The summed E-state index contributed by atoms with van der Waals surface area (Å²) in [5, 5.41) is 0.325. The first-order valence-electron chi connectivity index (χ1n) is 11.3. The molecular weight excluding hydrogens is 513 g/mol. The highest BCUT2D eigenvalue weighted by Gasteiger charge is 2.32. The maximum absolute atomic E-state index is 13.2. The lowest BCUT2D eigenvalue weighted by Crippen LogP contribution is -2.58. The zero-order valence-corrected chi connectivity index (χ0v) is 21.8. The van der Waals surface area contributed by atoms with E-state index in [1.807, 2.05) is 13.8 Å². The molecule has 0 radical (unpaired) electrons. The molecule has 0 unspecified atom stereocenters. The van der Waals surface area contributed by atoms with E-state index in [0.717, 1.165) is 12.7 Å². The predicted molar refractivity (Wildman–Crippen MR) is 132 cm³/mol.